The van der Waals surface area contributed by atoms with Crippen LogP contribution < -0.4 is 0 Å². The molecule has 0 unspecified atom stereocenters. The Bertz CT molecular complexity index is 4130. The van der Waals surface area contributed by atoms with Gasteiger partial charge in [-0.2, -0.15) is 0 Å². The zero-order chi connectivity index (χ0) is 41.9. The van der Waals surface area contributed by atoms with E-state index < -0.39 is 0 Å². The first-order valence-corrected chi connectivity index (χ1v) is 22.8. The molecule has 2 heteroatoms. The van der Waals surface area contributed by atoms with Crippen LogP contribution in [0.5, 0.6) is 0 Å². The average molecular weight is 829 g/mol. The highest BCUT2D eigenvalue weighted by atomic mass is 32.1. The van der Waals surface area contributed by atoms with Gasteiger partial charge in [0.1, 0.15) is 11.2 Å². The highest BCUT2D eigenvalue weighted by Crippen LogP contribution is 2.48. The van der Waals surface area contributed by atoms with E-state index in [-0.39, 0.29) is 0 Å². The smallest absolute Gasteiger partial charge is 0.143 e. The molecule has 0 saturated carbocycles. The zero-order valence-electron chi connectivity index (χ0n) is 34.6. The van der Waals surface area contributed by atoms with Crippen molar-refractivity contribution in [2.75, 3.05) is 0 Å². The molecule has 0 aliphatic carbocycles. The lowest BCUT2D eigenvalue weighted by Crippen LogP contribution is -1.91. The van der Waals surface area contributed by atoms with E-state index in [0.717, 1.165) is 27.3 Å². The molecular weight excluding hydrogens is 793 g/mol. The van der Waals surface area contributed by atoms with Crippen LogP contribution in [0, 0.1) is 0 Å². The maximum absolute atomic E-state index is 6.55. The summed E-state index contributed by atoms with van der Waals surface area (Å²) in [6.07, 6.45) is 0. The molecular formula is C62H36OS. The molecule has 0 radical (unpaired) electrons. The molecule has 14 aromatic rings. The predicted molar refractivity (Wildman–Crippen MR) is 276 cm³/mol. The predicted octanol–water partition coefficient (Wildman–Crippen LogP) is 18.4. The zero-order valence-corrected chi connectivity index (χ0v) is 35.4. The number of benzene rings is 12. The molecule has 64 heavy (non-hydrogen) atoms. The quantitative estimate of drug-likeness (QED) is 0.161. The summed E-state index contributed by atoms with van der Waals surface area (Å²) < 4.78 is 9.14. The topological polar surface area (TPSA) is 13.1 Å². The van der Waals surface area contributed by atoms with Crippen LogP contribution in [0.25, 0.3) is 140 Å². The van der Waals surface area contributed by atoms with Gasteiger partial charge in [-0.15, -0.1) is 11.3 Å². The van der Waals surface area contributed by atoms with Crippen LogP contribution in [0.4, 0.5) is 0 Å². The minimum absolute atomic E-state index is 0.909. The maximum Gasteiger partial charge on any atom is 0.143 e. The number of thiophene rings is 1. The summed E-state index contributed by atoms with van der Waals surface area (Å²) in [5, 5.41) is 17.3. The Morgan fingerprint density at radius 3 is 1.27 bits per heavy atom. The van der Waals surface area contributed by atoms with Crippen LogP contribution in [0.2, 0.25) is 0 Å². The molecule has 0 aliphatic heterocycles. The van der Waals surface area contributed by atoms with Gasteiger partial charge in [-0.25, -0.2) is 0 Å². The number of furan rings is 1. The fourth-order valence-electron chi connectivity index (χ4n) is 10.9. The minimum Gasteiger partial charge on any atom is -0.455 e. The molecule has 0 saturated heterocycles. The van der Waals surface area contributed by atoms with Crippen LogP contribution in [0.15, 0.2) is 223 Å². The van der Waals surface area contributed by atoms with E-state index in [9.17, 15) is 0 Å². The van der Waals surface area contributed by atoms with E-state index in [2.05, 4.69) is 218 Å². The maximum atomic E-state index is 6.55. The molecule has 0 N–H and O–H groups in total. The highest BCUT2D eigenvalue weighted by Gasteiger charge is 2.21. The lowest BCUT2D eigenvalue weighted by Gasteiger charge is -2.18. The van der Waals surface area contributed by atoms with Crippen molar-refractivity contribution in [3.8, 4) is 44.5 Å². The van der Waals surface area contributed by atoms with Crippen molar-refractivity contribution in [1.29, 1.82) is 0 Å². The van der Waals surface area contributed by atoms with Gasteiger partial charge in [0.25, 0.3) is 0 Å². The second-order valence-corrected chi connectivity index (χ2v) is 18.1. The normalized spacial score (nSPS) is 12.1. The Kier molecular flexibility index (Phi) is 7.63. The lowest BCUT2D eigenvalue weighted by atomic mass is 9.85. The first-order chi connectivity index (χ1) is 31.7. The van der Waals surface area contributed by atoms with Crippen molar-refractivity contribution in [1.82, 2.24) is 0 Å². The van der Waals surface area contributed by atoms with E-state index in [1.165, 1.54) is 113 Å². The molecule has 296 valence electrons. The molecule has 14 rings (SSSR count). The Morgan fingerprint density at radius 1 is 0.250 bits per heavy atom. The van der Waals surface area contributed by atoms with Gasteiger partial charge >= 0.3 is 0 Å². The molecule has 0 atom stereocenters. The first kappa shape index (κ1) is 35.5. The number of fused-ring (bicyclic) bond motifs is 12. The fourth-order valence-corrected chi connectivity index (χ4v) is 12.0. The van der Waals surface area contributed by atoms with Gasteiger partial charge in [0.05, 0.1) is 0 Å². The molecule has 12 aromatic carbocycles. The summed E-state index contributed by atoms with van der Waals surface area (Å²) in [4.78, 5) is 0. The third kappa shape index (κ3) is 5.18. The van der Waals surface area contributed by atoms with Crippen LogP contribution in [-0.4, -0.2) is 0 Å². The van der Waals surface area contributed by atoms with Crippen molar-refractivity contribution in [2.24, 2.45) is 0 Å². The number of hydrogen-bond donors (Lipinski definition) is 0. The minimum atomic E-state index is 0.909. The third-order valence-electron chi connectivity index (χ3n) is 13.6. The molecule has 2 heterocycles. The van der Waals surface area contributed by atoms with Gasteiger partial charge in [-0.05, 0) is 129 Å². The Morgan fingerprint density at radius 2 is 0.688 bits per heavy atom. The summed E-state index contributed by atoms with van der Waals surface area (Å²) in [6.45, 7) is 0. The van der Waals surface area contributed by atoms with Crippen LogP contribution in [-0.2, 0) is 0 Å². The standard InChI is InChI=1S/C62H36OS/c1-2-15-38(16-3-1)58-44-18-6-8-20-46(44)60(47-21-9-7-19-45(47)58)40-29-33-56-54(35-40)43-30-27-41(36-57(43)64-56)61-50-24-12-10-22-48(50)59(49-23-11-13-25-51(49)61)39-28-32-55-53(34-39)52-31-26-37-14-4-5-17-42(37)62(52)63-55/h1-36H. The number of hydrogen-bond acceptors (Lipinski definition) is 2. The van der Waals surface area contributed by atoms with Gasteiger partial charge in [0, 0.05) is 36.3 Å². The van der Waals surface area contributed by atoms with E-state index in [4.69, 9.17) is 4.42 Å². The van der Waals surface area contributed by atoms with Crippen LogP contribution in [0.3, 0.4) is 0 Å². The Labute approximate surface area is 372 Å². The molecule has 0 fully saturated rings. The van der Waals surface area contributed by atoms with Crippen molar-refractivity contribution >= 4 is 107 Å². The Balaban J connectivity index is 0.944. The SMILES string of the molecule is c1ccc(-c2c3ccccc3c(-c3ccc4sc5cc(-c6c7ccccc7c(-c7ccc8oc9c%10ccccc%10ccc9c8c7)c7ccccc67)ccc5c4c3)c3ccccc23)cc1. The lowest BCUT2D eigenvalue weighted by molar-refractivity contribution is 0.672. The van der Waals surface area contributed by atoms with E-state index in [1.807, 2.05) is 11.3 Å². The monoisotopic (exact) mass is 828 g/mol. The largest absolute Gasteiger partial charge is 0.455 e. The number of rotatable bonds is 4. The second kappa shape index (κ2) is 13.7. The molecule has 0 bridgehead atoms. The van der Waals surface area contributed by atoms with E-state index in [1.54, 1.807) is 0 Å². The van der Waals surface area contributed by atoms with Crippen molar-refractivity contribution in [3.63, 3.8) is 0 Å². The first-order valence-electron chi connectivity index (χ1n) is 22.0. The highest BCUT2D eigenvalue weighted by molar-refractivity contribution is 7.25. The molecule has 2 aromatic heterocycles. The molecule has 1 nitrogen and oxygen atoms in total. The molecule has 0 amide bonds. The van der Waals surface area contributed by atoms with Crippen molar-refractivity contribution in [3.05, 3.63) is 218 Å². The average Bonchev–Trinajstić information content (AvgIpc) is 3.92. The van der Waals surface area contributed by atoms with Crippen LogP contribution in [0.1, 0.15) is 0 Å². The third-order valence-corrected chi connectivity index (χ3v) is 14.8. The summed E-state index contributed by atoms with van der Waals surface area (Å²) in [7, 11) is 0. The van der Waals surface area contributed by atoms with Crippen molar-refractivity contribution in [2.45, 2.75) is 0 Å². The van der Waals surface area contributed by atoms with Gasteiger partial charge < -0.3 is 4.42 Å². The van der Waals surface area contributed by atoms with E-state index in [0.29, 0.717) is 0 Å². The second-order valence-electron chi connectivity index (χ2n) is 17.0. The van der Waals surface area contributed by atoms with Gasteiger partial charge in [-0.3, -0.25) is 0 Å². The summed E-state index contributed by atoms with van der Waals surface area (Å²) in [5.74, 6) is 0. The van der Waals surface area contributed by atoms with E-state index >= 15 is 0 Å². The molecule has 0 spiro atoms. The molecule has 0 aliphatic rings. The Hall–Kier alpha value is -8.04. The fraction of sp³-hybridized carbons (Fsp3) is 0. The van der Waals surface area contributed by atoms with Gasteiger partial charge in [0.15, 0.2) is 0 Å². The summed E-state index contributed by atoms with van der Waals surface area (Å²) in [5.41, 5.74) is 11.9. The van der Waals surface area contributed by atoms with Gasteiger partial charge in [0.2, 0.25) is 0 Å². The summed E-state index contributed by atoms with van der Waals surface area (Å²) in [6, 6.07) is 80.5. The van der Waals surface area contributed by atoms with Gasteiger partial charge in [-0.1, -0.05) is 182 Å². The van der Waals surface area contributed by atoms with Crippen LogP contribution >= 0.6 is 11.3 Å². The summed E-state index contributed by atoms with van der Waals surface area (Å²) >= 11 is 1.89. The van der Waals surface area contributed by atoms with Crippen molar-refractivity contribution < 1.29 is 4.42 Å².